The Morgan fingerprint density at radius 1 is 1.00 bits per heavy atom. The van der Waals surface area contributed by atoms with E-state index in [9.17, 15) is 13.2 Å². The molecule has 0 heterocycles. The molecule has 6 heteroatoms. The highest BCUT2D eigenvalue weighted by molar-refractivity contribution is 7.93. The van der Waals surface area contributed by atoms with E-state index in [0.717, 1.165) is 4.31 Å². The molecule has 0 saturated carbocycles. The molecule has 1 amide bonds. The molecule has 2 rings (SSSR count). The molecule has 0 aliphatic rings. The Labute approximate surface area is 149 Å². The smallest absolute Gasteiger partial charge is 0.270 e. The Morgan fingerprint density at radius 2 is 1.56 bits per heavy atom. The van der Waals surface area contributed by atoms with E-state index in [1.54, 1.807) is 42.5 Å². The summed E-state index contributed by atoms with van der Waals surface area (Å²) in [4.78, 5) is 12.9. The molecule has 0 unspecified atom stereocenters. The van der Waals surface area contributed by atoms with Crippen molar-refractivity contribution in [3.8, 4) is 5.75 Å². The number of ether oxygens (including phenoxy) is 1. The quantitative estimate of drug-likeness (QED) is 0.811. The van der Waals surface area contributed by atoms with Gasteiger partial charge in [0.1, 0.15) is 5.75 Å². The predicted molar refractivity (Wildman–Crippen MR) is 98.2 cm³/mol. The Hall–Kier alpha value is -2.34. The van der Waals surface area contributed by atoms with E-state index in [1.807, 2.05) is 20.8 Å². The molecule has 25 heavy (non-hydrogen) atoms. The van der Waals surface area contributed by atoms with Crippen LogP contribution < -0.4 is 9.04 Å². The standard InChI is InChI=1S/C19H23NO4S/c1-19(2,3)14-18(21)20(15-10-12-16(24-4)13-11-15)25(22,23)17-8-6-5-7-9-17/h5-13H,14H2,1-4H3. The lowest BCUT2D eigenvalue weighted by molar-refractivity contribution is -0.119. The summed E-state index contributed by atoms with van der Waals surface area (Å²) >= 11 is 0. The lowest BCUT2D eigenvalue weighted by Crippen LogP contribution is -2.38. The van der Waals surface area contributed by atoms with Gasteiger partial charge in [-0.3, -0.25) is 4.79 Å². The van der Waals surface area contributed by atoms with Gasteiger partial charge in [0, 0.05) is 6.42 Å². The summed E-state index contributed by atoms with van der Waals surface area (Å²) in [6.45, 7) is 5.69. The first-order valence-corrected chi connectivity index (χ1v) is 9.36. The molecule has 2 aromatic carbocycles. The zero-order valence-corrected chi connectivity index (χ0v) is 15.7. The van der Waals surface area contributed by atoms with Crippen molar-refractivity contribution in [3.05, 3.63) is 54.6 Å². The molecule has 0 aliphatic carbocycles. The Morgan fingerprint density at radius 3 is 2.04 bits per heavy atom. The van der Waals surface area contributed by atoms with Crippen LogP contribution in [0.5, 0.6) is 5.75 Å². The highest BCUT2D eigenvalue weighted by Crippen LogP contribution is 2.29. The third-order valence-corrected chi connectivity index (χ3v) is 5.26. The van der Waals surface area contributed by atoms with Crippen molar-refractivity contribution in [1.29, 1.82) is 0 Å². The molecule has 0 bridgehead atoms. The molecule has 2 aromatic rings. The highest BCUT2D eigenvalue weighted by atomic mass is 32.2. The third-order valence-electron chi connectivity index (χ3n) is 3.50. The molecule has 134 valence electrons. The van der Waals surface area contributed by atoms with Gasteiger partial charge < -0.3 is 4.74 Å². The summed E-state index contributed by atoms with van der Waals surface area (Å²) in [6, 6.07) is 14.4. The van der Waals surface area contributed by atoms with Gasteiger partial charge in [-0.15, -0.1) is 0 Å². The first-order chi connectivity index (χ1) is 11.6. The lowest BCUT2D eigenvalue weighted by atomic mass is 9.92. The van der Waals surface area contributed by atoms with E-state index in [4.69, 9.17) is 4.74 Å². The molecular weight excluding hydrogens is 338 g/mol. The molecule has 0 aromatic heterocycles. The fourth-order valence-corrected chi connectivity index (χ4v) is 3.80. The fraction of sp³-hybridized carbons (Fsp3) is 0.316. The predicted octanol–water partition coefficient (Wildman–Crippen LogP) is 3.85. The highest BCUT2D eigenvalue weighted by Gasteiger charge is 2.33. The Kier molecular flexibility index (Phi) is 5.52. The number of carbonyl (C=O) groups excluding carboxylic acids is 1. The number of benzene rings is 2. The molecule has 0 atom stereocenters. The Bertz CT molecular complexity index is 822. The van der Waals surface area contributed by atoms with Crippen LogP contribution in [-0.2, 0) is 14.8 Å². The van der Waals surface area contributed by atoms with Crippen LogP contribution in [0.15, 0.2) is 59.5 Å². The molecule has 0 radical (unpaired) electrons. The molecule has 5 nitrogen and oxygen atoms in total. The van der Waals surface area contributed by atoms with Crippen LogP contribution in [0.1, 0.15) is 27.2 Å². The van der Waals surface area contributed by atoms with Gasteiger partial charge in [-0.05, 0) is 41.8 Å². The number of sulfonamides is 1. The number of hydrogen-bond acceptors (Lipinski definition) is 4. The van der Waals surface area contributed by atoms with Gasteiger partial charge in [-0.1, -0.05) is 39.0 Å². The molecule has 0 spiro atoms. The van der Waals surface area contributed by atoms with Crippen LogP contribution in [-0.4, -0.2) is 21.4 Å². The maximum Gasteiger partial charge on any atom is 0.270 e. The second-order valence-corrected chi connectivity index (χ2v) is 8.70. The first kappa shape index (κ1) is 19.0. The maximum atomic E-state index is 13.1. The number of carbonyl (C=O) groups is 1. The molecule has 0 N–H and O–H groups in total. The molecule has 0 aliphatic heterocycles. The largest absolute Gasteiger partial charge is 0.497 e. The molecule has 0 saturated heterocycles. The van der Waals surface area contributed by atoms with E-state index >= 15 is 0 Å². The normalized spacial score (nSPS) is 11.8. The first-order valence-electron chi connectivity index (χ1n) is 7.92. The second-order valence-electron chi connectivity index (χ2n) is 6.91. The van der Waals surface area contributed by atoms with E-state index in [0.29, 0.717) is 11.4 Å². The van der Waals surface area contributed by atoms with Gasteiger partial charge in [0.15, 0.2) is 0 Å². The SMILES string of the molecule is COc1ccc(N(C(=O)CC(C)(C)C)S(=O)(=O)c2ccccc2)cc1. The van der Waals surface area contributed by atoms with Crippen molar-refractivity contribution in [1.82, 2.24) is 0 Å². The van der Waals surface area contributed by atoms with Gasteiger partial charge in [-0.2, -0.15) is 0 Å². The van der Waals surface area contributed by atoms with Gasteiger partial charge in [0.05, 0.1) is 17.7 Å². The minimum absolute atomic E-state index is 0.0769. The topological polar surface area (TPSA) is 63.7 Å². The van der Waals surface area contributed by atoms with Crippen molar-refractivity contribution in [2.24, 2.45) is 5.41 Å². The summed E-state index contributed by atoms with van der Waals surface area (Å²) in [5.74, 6) is 0.116. The number of anilines is 1. The average Bonchev–Trinajstić information content (AvgIpc) is 2.54. The van der Waals surface area contributed by atoms with Crippen LogP contribution in [0.4, 0.5) is 5.69 Å². The van der Waals surface area contributed by atoms with E-state index < -0.39 is 15.9 Å². The van der Waals surface area contributed by atoms with Crippen molar-refractivity contribution >= 4 is 21.6 Å². The van der Waals surface area contributed by atoms with Gasteiger partial charge in [0.25, 0.3) is 10.0 Å². The summed E-state index contributed by atoms with van der Waals surface area (Å²) in [5.41, 5.74) is -0.0486. The van der Waals surface area contributed by atoms with Crippen molar-refractivity contribution < 1.29 is 17.9 Å². The summed E-state index contributed by atoms with van der Waals surface area (Å²) in [7, 11) is -2.48. The second kappa shape index (κ2) is 7.27. The number of rotatable bonds is 5. The van der Waals surface area contributed by atoms with Crippen molar-refractivity contribution in [2.45, 2.75) is 32.1 Å². The third kappa shape index (κ3) is 4.60. The summed E-state index contributed by atoms with van der Waals surface area (Å²) in [6.07, 6.45) is 0.102. The van der Waals surface area contributed by atoms with Gasteiger partial charge in [-0.25, -0.2) is 12.7 Å². The molecule has 0 fully saturated rings. The van der Waals surface area contributed by atoms with E-state index in [1.165, 1.54) is 19.2 Å². The zero-order chi connectivity index (χ0) is 18.7. The number of nitrogens with zero attached hydrogens (tertiary/aromatic N) is 1. The van der Waals surface area contributed by atoms with Crippen LogP contribution in [0.3, 0.4) is 0 Å². The maximum absolute atomic E-state index is 13.1. The van der Waals surface area contributed by atoms with Gasteiger partial charge in [0.2, 0.25) is 5.91 Å². The average molecular weight is 361 g/mol. The van der Waals surface area contributed by atoms with Crippen LogP contribution in [0.25, 0.3) is 0 Å². The van der Waals surface area contributed by atoms with Crippen LogP contribution >= 0.6 is 0 Å². The number of amides is 1. The Balaban J connectivity index is 2.53. The number of hydrogen-bond donors (Lipinski definition) is 0. The van der Waals surface area contributed by atoms with Crippen LogP contribution in [0, 0.1) is 5.41 Å². The lowest BCUT2D eigenvalue weighted by Gasteiger charge is -2.26. The summed E-state index contributed by atoms with van der Waals surface area (Å²) < 4.78 is 32.2. The minimum Gasteiger partial charge on any atom is -0.497 e. The van der Waals surface area contributed by atoms with E-state index in [2.05, 4.69) is 0 Å². The summed E-state index contributed by atoms with van der Waals surface area (Å²) in [5, 5.41) is 0. The minimum atomic E-state index is -4.00. The van der Waals surface area contributed by atoms with Crippen LogP contribution in [0.2, 0.25) is 0 Å². The van der Waals surface area contributed by atoms with Crippen molar-refractivity contribution in [2.75, 3.05) is 11.4 Å². The fourth-order valence-electron chi connectivity index (χ4n) is 2.36. The number of methoxy groups -OCH3 is 1. The van der Waals surface area contributed by atoms with Crippen molar-refractivity contribution in [3.63, 3.8) is 0 Å². The van der Waals surface area contributed by atoms with Gasteiger partial charge >= 0.3 is 0 Å². The zero-order valence-electron chi connectivity index (χ0n) is 14.9. The van der Waals surface area contributed by atoms with E-state index in [-0.39, 0.29) is 16.7 Å². The molecular formula is C19H23NO4S. The monoisotopic (exact) mass is 361 g/mol.